The van der Waals surface area contributed by atoms with Gasteiger partial charge in [-0.25, -0.2) is 0 Å². The number of rotatable bonds is 8. The second-order valence-corrected chi connectivity index (χ2v) is 8.27. The number of hydrogen-bond acceptors (Lipinski definition) is 6. The first kappa shape index (κ1) is 23.0. The number of nitro groups is 1. The Morgan fingerprint density at radius 2 is 1.59 bits per heavy atom. The Balaban J connectivity index is 1.70. The summed E-state index contributed by atoms with van der Waals surface area (Å²) in [6, 6.07) is 21.5. The Bertz CT molecular complexity index is 1120. The van der Waals surface area contributed by atoms with E-state index in [1.807, 2.05) is 60.7 Å². The quantitative estimate of drug-likeness (QED) is 0.218. The highest BCUT2D eigenvalue weighted by Crippen LogP contribution is 2.36. The lowest BCUT2D eigenvalue weighted by Gasteiger charge is -2.16. The average molecular weight is 451 g/mol. The van der Waals surface area contributed by atoms with Crippen LogP contribution in [0.2, 0.25) is 0 Å². The van der Waals surface area contributed by atoms with Crippen molar-refractivity contribution in [1.29, 1.82) is 0 Å². The number of thioether (sulfide) groups is 1. The van der Waals surface area contributed by atoms with E-state index in [4.69, 9.17) is 4.74 Å². The molecule has 0 bridgehead atoms. The van der Waals surface area contributed by atoms with Gasteiger partial charge < -0.3 is 10.1 Å². The van der Waals surface area contributed by atoms with Crippen LogP contribution in [-0.2, 0) is 14.3 Å². The highest BCUT2D eigenvalue weighted by Gasteiger charge is 2.25. The summed E-state index contributed by atoms with van der Waals surface area (Å²) in [5.74, 6) is -1.23. The van der Waals surface area contributed by atoms with Gasteiger partial charge in [0.15, 0.2) is 6.61 Å². The summed E-state index contributed by atoms with van der Waals surface area (Å²) >= 11 is 1.32. The van der Waals surface area contributed by atoms with Gasteiger partial charge in [-0.3, -0.25) is 19.7 Å². The molecule has 0 saturated heterocycles. The molecule has 1 N–H and O–H groups in total. The molecule has 164 valence electrons. The number of carbonyl (C=O) groups is 2. The Morgan fingerprint density at radius 1 is 1.00 bits per heavy atom. The third-order valence-corrected chi connectivity index (χ3v) is 5.99. The molecule has 0 unspecified atom stereocenters. The van der Waals surface area contributed by atoms with E-state index in [0.717, 1.165) is 21.6 Å². The number of esters is 1. The number of anilines is 1. The molecule has 0 spiro atoms. The van der Waals surface area contributed by atoms with E-state index >= 15 is 0 Å². The highest BCUT2D eigenvalue weighted by molar-refractivity contribution is 8.00. The molecule has 0 heterocycles. The predicted molar refractivity (Wildman–Crippen MR) is 124 cm³/mol. The minimum absolute atomic E-state index is 0.0671. The molecule has 0 aliphatic heterocycles. The Morgan fingerprint density at radius 3 is 2.22 bits per heavy atom. The van der Waals surface area contributed by atoms with Gasteiger partial charge >= 0.3 is 5.97 Å². The first-order chi connectivity index (χ1) is 15.3. The molecule has 0 aliphatic rings. The third kappa shape index (κ3) is 5.95. The number of benzene rings is 3. The largest absolute Gasteiger partial charge is 0.454 e. The third-order valence-electron chi connectivity index (χ3n) is 4.74. The topological polar surface area (TPSA) is 98.5 Å². The second-order valence-electron chi connectivity index (χ2n) is 7.09. The zero-order chi connectivity index (χ0) is 23.1. The molecule has 1 atom stereocenters. The number of aryl methyl sites for hydroxylation is 2. The number of nitrogens with one attached hydrogen (secondary N) is 1. The molecule has 8 heteroatoms. The molecule has 7 nitrogen and oxygen atoms in total. The van der Waals surface area contributed by atoms with E-state index in [1.165, 1.54) is 23.9 Å². The standard InChI is InChI=1S/C24H22N2O5S/c1-16-13-20(21(26(29)30)14-17(16)2)25-22(27)15-31-24(28)23(18-9-5-3-6-10-18)32-19-11-7-4-8-12-19/h3-14,23H,15H2,1-2H3,(H,25,27)/t23-/m1/s1. The maximum Gasteiger partial charge on any atom is 0.324 e. The van der Waals surface area contributed by atoms with Crippen molar-refractivity contribution in [2.24, 2.45) is 0 Å². The first-order valence-electron chi connectivity index (χ1n) is 9.84. The lowest BCUT2D eigenvalue weighted by Crippen LogP contribution is -2.23. The van der Waals surface area contributed by atoms with E-state index in [9.17, 15) is 19.7 Å². The van der Waals surface area contributed by atoms with Crippen LogP contribution in [0, 0.1) is 24.0 Å². The van der Waals surface area contributed by atoms with Crippen LogP contribution in [0.25, 0.3) is 0 Å². The summed E-state index contributed by atoms with van der Waals surface area (Å²) in [5.41, 5.74) is 2.14. The molecule has 3 aromatic carbocycles. The van der Waals surface area contributed by atoms with Crippen molar-refractivity contribution >= 4 is 35.0 Å². The van der Waals surface area contributed by atoms with Gasteiger partial charge in [0.05, 0.1) is 4.92 Å². The molecule has 1 amide bonds. The molecule has 3 rings (SSSR count). The fourth-order valence-electron chi connectivity index (χ4n) is 2.97. The summed E-state index contributed by atoms with van der Waals surface area (Å²) < 4.78 is 5.28. The molecule has 3 aromatic rings. The number of amides is 1. The van der Waals surface area contributed by atoms with Crippen molar-refractivity contribution < 1.29 is 19.2 Å². The van der Waals surface area contributed by atoms with Crippen molar-refractivity contribution in [3.8, 4) is 0 Å². The summed E-state index contributed by atoms with van der Waals surface area (Å²) in [5, 5.41) is 13.1. The number of carbonyl (C=O) groups excluding carboxylic acids is 2. The number of nitro benzene ring substituents is 1. The van der Waals surface area contributed by atoms with Crippen molar-refractivity contribution in [1.82, 2.24) is 0 Å². The van der Waals surface area contributed by atoms with Crippen LogP contribution in [-0.4, -0.2) is 23.4 Å². The fraction of sp³-hybridized carbons (Fsp3) is 0.167. The van der Waals surface area contributed by atoms with E-state index < -0.39 is 28.7 Å². The van der Waals surface area contributed by atoms with Gasteiger partial charge in [-0.15, -0.1) is 11.8 Å². The van der Waals surface area contributed by atoms with Crippen LogP contribution in [0.15, 0.2) is 77.7 Å². The van der Waals surface area contributed by atoms with Crippen LogP contribution >= 0.6 is 11.8 Å². The van der Waals surface area contributed by atoms with E-state index in [2.05, 4.69) is 5.32 Å². The second kappa shape index (κ2) is 10.6. The number of ether oxygens (including phenoxy) is 1. The van der Waals surface area contributed by atoms with Crippen molar-refractivity contribution in [3.63, 3.8) is 0 Å². The summed E-state index contributed by atoms with van der Waals surface area (Å²) in [7, 11) is 0. The van der Waals surface area contributed by atoms with E-state index in [0.29, 0.717) is 0 Å². The van der Waals surface area contributed by atoms with Crippen LogP contribution in [0.4, 0.5) is 11.4 Å². The molecule has 32 heavy (non-hydrogen) atoms. The Labute approximate surface area is 189 Å². The predicted octanol–water partition coefficient (Wildman–Crippen LogP) is 5.23. The molecule has 0 aliphatic carbocycles. The van der Waals surface area contributed by atoms with Crippen molar-refractivity contribution in [2.75, 3.05) is 11.9 Å². The van der Waals surface area contributed by atoms with Gasteiger partial charge in [-0.2, -0.15) is 0 Å². The summed E-state index contributed by atoms with van der Waals surface area (Å²) in [6.07, 6.45) is 0. The van der Waals surface area contributed by atoms with Crippen LogP contribution < -0.4 is 5.32 Å². The fourth-order valence-corrected chi connectivity index (χ4v) is 4.01. The number of hydrogen-bond donors (Lipinski definition) is 1. The monoisotopic (exact) mass is 450 g/mol. The maximum absolute atomic E-state index is 12.8. The SMILES string of the molecule is Cc1cc(NC(=O)COC(=O)[C@H](Sc2ccccc2)c2ccccc2)c([N+](=O)[O-])cc1C. The van der Waals surface area contributed by atoms with E-state index in [1.54, 1.807) is 13.8 Å². The molecular weight excluding hydrogens is 428 g/mol. The molecular formula is C24H22N2O5S. The zero-order valence-corrected chi connectivity index (χ0v) is 18.4. The Hall–Kier alpha value is -3.65. The minimum atomic E-state index is -0.664. The van der Waals surface area contributed by atoms with Crippen molar-refractivity contribution in [2.45, 2.75) is 24.0 Å². The summed E-state index contributed by atoms with van der Waals surface area (Å²) in [4.78, 5) is 36.9. The van der Waals surface area contributed by atoms with Gasteiger partial charge in [0.1, 0.15) is 10.9 Å². The van der Waals surface area contributed by atoms with Gasteiger partial charge in [0, 0.05) is 11.0 Å². The molecule has 0 aromatic heterocycles. The van der Waals surface area contributed by atoms with Crippen LogP contribution in [0.1, 0.15) is 21.9 Å². The van der Waals surface area contributed by atoms with Crippen LogP contribution in [0.3, 0.4) is 0 Å². The first-order valence-corrected chi connectivity index (χ1v) is 10.7. The van der Waals surface area contributed by atoms with Crippen LogP contribution in [0.5, 0.6) is 0 Å². The van der Waals surface area contributed by atoms with E-state index in [-0.39, 0.29) is 11.4 Å². The van der Waals surface area contributed by atoms with Crippen molar-refractivity contribution in [3.05, 3.63) is 99.6 Å². The molecule has 0 radical (unpaired) electrons. The average Bonchev–Trinajstić information content (AvgIpc) is 2.79. The zero-order valence-electron chi connectivity index (χ0n) is 17.6. The minimum Gasteiger partial charge on any atom is -0.454 e. The summed E-state index contributed by atoms with van der Waals surface area (Å²) in [6.45, 7) is 2.99. The Kier molecular flexibility index (Phi) is 7.62. The molecule has 0 fully saturated rings. The lowest BCUT2D eigenvalue weighted by molar-refractivity contribution is -0.384. The van der Waals surface area contributed by atoms with Gasteiger partial charge in [0.2, 0.25) is 0 Å². The van der Waals surface area contributed by atoms with Gasteiger partial charge in [0.25, 0.3) is 11.6 Å². The smallest absolute Gasteiger partial charge is 0.324 e. The molecule has 0 saturated carbocycles. The normalized spacial score (nSPS) is 11.4. The lowest BCUT2D eigenvalue weighted by atomic mass is 10.1. The maximum atomic E-state index is 12.8. The highest BCUT2D eigenvalue weighted by atomic mass is 32.2. The number of nitrogens with zero attached hydrogens (tertiary/aromatic N) is 1. The van der Waals surface area contributed by atoms with Gasteiger partial charge in [-0.05, 0) is 48.7 Å². The van der Waals surface area contributed by atoms with Gasteiger partial charge in [-0.1, -0.05) is 48.5 Å².